The zero-order valence-corrected chi connectivity index (χ0v) is 14.2. The Bertz CT molecular complexity index is 840. The lowest BCUT2D eigenvalue weighted by atomic mass is 10.1. The van der Waals surface area contributed by atoms with Crippen molar-refractivity contribution in [3.8, 4) is 17.2 Å². The van der Waals surface area contributed by atoms with E-state index in [1.807, 2.05) is 30.3 Å². The van der Waals surface area contributed by atoms with Crippen molar-refractivity contribution in [3.63, 3.8) is 0 Å². The first-order chi connectivity index (χ1) is 12.4. The molecule has 0 atom stereocenters. The molecule has 3 rings (SSSR count). The fourth-order valence-corrected chi connectivity index (χ4v) is 2.53. The number of hydrogen-bond acceptors (Lipinski definition) is 3. The van der Waals surface area contributed by atoms with Gasteiger partial charge >= 0.3 is 6.18 Å². The van der Waals surface area contributed by atoms with E-state index in [4.69, 9.17) is 9.15 Å². The topological polar surface area (TPSA) is 35.3 Å². The Morgan fingerprint density at radius 1 is 1.00 bits per heavy atom. The summed E-state index contributed by atoms with van der Waals surface area (Å²) >= 11 is 0. The smallest absolute Gasteiger partial charge is 0.416 e. The Hall–Kier alpha value is -2.76. The van der Waals surface area contributed by atoms with E-state index in [-0.39, 0.29) is 0 Å². The molecule has 0 saturated carbocycles. The molecule has 136 valence electrons. The zero-order valence-electron chi connectivity index (χ0n) is 14.2. The molecule has 2 aromatic carbocycles. The van der Waals surface area contributed by atoms with Gasteiger partial charge in [-0.2, -0.15) is 13.2 Å². The maximum absolute atomic E-state index is 12.6. The molecule has 0 spiro atoms. The average Bonchev–Trinajstić information content (AvgIpc) is 3.00. The van der Waals surface area contributed by atoms with Crippen LogP contribution in [-0.2, 0) is 12.6 Å². The van der Waals surface area contributed by atoms with E-state index in [0.29, 0.717) is 30.2 Å². The number of ether oxygens (including phenoxy) is 1. The largest absolute Gasteiger partial charge is 0.494 e. The lowest BCUT2D eigenvalue weighted by Crippen LogP contribution is -2.04. The minimum Gasteiger partial charge on any atom is -0.494 e. The van der Waals surface area contributed by atoms with E-state index in [0.717, 1.165) is 30.0 Å². The van der Waals surface area contributed by atoms with E-state index < -0.39 is 11.7 Å². The predicted octanol–water partition coefficient (Wildman–Crippen LogP) is 5.68. The lowest BCUT2D eigenvalue weighted by Gasteiger charge is -2.06. The third-order valence-electron chi connectivity index (χ3n) is 3.92. The zero-order chi connectivity index (χ0) is 18.6. The van der Waals surface area contributed by atoms with E-state index in [1.54, 1.807) is 6.92 Å². The number of rotatable bonds is 6. The molecule has 0 saturated heterocycles. The molecule has 0 N–H and O–H groups in total. The van der Waals surface area contributed by atoms with Crippen molar-refractivity contribution in [2.75, 3.05) is 6.61 Å². The van der Waals surface area contributed by atoms with Gasteiger partial charge in [0.1, 0.15) is 11.5 Å². The second kappa shape index (κ2) is 7.64. The van der Waals surface area contributed by atoms with E-state index >= 15 is 0 Å². The third kappa shape index (κ3) is 4.45. The van der Waals surface area contributed by atoms with Crippen LogP contribution in [0.1, 0.15) is 23.4 Å². The number of alkyl halides is 3. The summed E-state index contributed by atoms with van der Waals surface area (Å²) in [5, 5.41) is 0. The van der Waals surface area contributed by atoms with Crippen molar-refractivity contribution in [3.05, 3.63) is 71.6 Å². The van der Waals surface area contributed by atoms with Gasteiger partial charge in [0.15, 0.2) is 0 Å². The Balaban J connectivity index is 1.60. The molecule has 3 nitrogen and oxygen atoms in total. The number of benzene rings is 2. The highest BCUT2D eigenvalue weighted by molar-refractivity contribution is 5.54. The number of aromatic nitrogens is 1. The van der Waals surface area contributed by atoms with Crippen LogP contribution in [0.3, 0.4) is 0 Å². The monoisotopic (exact) mass is 361 g/mol. The molecule has 3 aromatic rings. The fraction of sp³-hybridized carbons (Fsp3) is 0.250. The molecule has 0 radical (unpaired) electrons. The van der Waals surface area contributed by atoms with E-state index in [1.165, 1.54) is 12.1 Å². The number of hydrogen-bond donors (Lipinski definition) is 0. The highest BCUT2D eigenvalue weighted by atomic mass is 19.4. The van der Waals surface area contributed by atoms with Gasteiger partial charge < -0.3 is 9.15 Å². The molecule has 1 heterocycles. The fourth-order valence-electron chi connectivity index (χ4n) is 2.53. The third-order valence-corrected chi connectivity index (χ3v) is 3.92. The number of para-hydroxylation sites is 1. The van der Waals surface area contributed by atoms with E-state index in [2.05, 4.69) is 4.98 Å². The van der Waals surface area contributed by atoms with Crippen molar-refractivity contribution < 1.29 is 22.3 Å². The second-order valence-corrected chi connectivity index (χ2v) is 5.86. The summed E-state index contributed by atoms with van der Waals surface area (Å²) in [5.74, 6) is 1.81. The quantitative estimate of drug-likeness (QED) is 0.530. The van der Waals surface area contributed by atoms with Gasteiger partial charge in [0.25, 0.3) is 0 Å². The molecule has 0 aliphatic carbocycles. The second-order valence-electron chi connectivity index (χ2n) is 5.86. The molecular formula is C20H18F3NO2. The average molecular weight is 361 g/mol. The summed E-state index contributed by atoms with van der Waals surface area (Å²) < 4.78 is 49.2. The Kier molecular flexibility index (Phi) is 5.30. The summed E-state index contributed by atoms with van der Waals surface area (Å²) in [7, 11) is 0. The molecular weight excluding hydrogens is 343 g/mol. The van der Waals surface area contributed by atoms with Gasteiger partial charge in [0, 0.05) is 5.56 Å². The van der Waals surface area contributed by atoms with Gasteiger partial charge in [0.05, 0.1) is 17.9 Å². The summed E-state index contributed by atoms with van der Waals surface area (Å²) in [6.07, 6.45) is -2.92. The molecule has 0 unspecified atom stereocenters. The first-order valence-electron chi connectivity index (χ1n) is 8.25. The molecule has 0 bridgehead atoms. The lowest BCUT2D eigenvalue weighted by molar-refractivity contribution is -0.137. The van der Waals surface area contributed by atoms with Crippen LogP contribution in [0, 0.1) is 6.92 Å². The standard InChI is InChI=1S/C20H18F3NO2/c1-14-18(8-5-13-25-17-6-3-2-4-7-17)24-19(26-14)15-9-11-16(12-10-15)20(21,22)23/h2-4,6-7,9-12H,5,8,13H2,1H3. The van der Waals surface area contributed by atoms with Crippen molar-refractivity contribution in [1.82, 2.24) is 4.98 Å². The van der Waals surface area contributed by atoms with Gasteiger partial charge in [-0.05, 0) is 56.2 Å². The van der Waals surface area contributed by atoms with Gasteiger partial charge in [-0.3, -0.25) is 0 Å². The van der Waals surface area contributed by atoms with Gasteiger partial charge in [-0.25, -0.2) is 4.98 Å². The summed E-state index contributed by atoms with van der Waals surface area (Å²) in [6, 6.07) is 14.3. The van der Waals surface area contributed by atoms with Gasteiger partial charge in [-0.15, -0.1) is 0 Å². The van der Waals surface area contributed by atoms with Crippen LogP contribution in [0.15, 0.2) is 59.0 Å². The molecule has 0 amide bonds. The Morgan fingerprint density at radius 3 is 2.35 bits per heavy atom. The SMILES string of the molecule is Cc1oc(-c2ccc(C(F)(F)F)cc2)nc1CCCOc1ccccc1. The molecule has 0 fully saturated rings. The number of nitrogens with zero attached hydrogens (tertiary/aromatic N) is 1. The van der Waals surface area contributed by atoms with Gasteiger partial charge in [0.2, 0.25) is 5.89 Å². The molecule has 0 aliphatic heterocycles. The summed E-state index contributed by atoms with van der Waals surface area (Å²) in [4.78, 5) is 4.41. The van der Waals surface area contributed by atoms with Crippen LogP contribution in [0.2, 0.25) is 0 Å². The van der Waals surface area contributed by atoms with Crippen molar-refractivity contribution >= 4 is 0 Å². The van der Waals surface area contributed by atoms with Crippen LogP contribution in [0.4, 0.5) is 13.2 Å². The van der Waals surface area contributed by atoms with Crippen LogP contribution in [0.25, 0.3) is 11.5 Å². The first kappa shape index (κ1) is 18.0. The van der Waals surface area contributed by atoms with Crippen LogP contribution >= 0.6 is 0 Å². The molecule has 26 heavy (non-hydrogen) atoms. The normalized spacial score (nSPS) is 11.5. The maximum Gasteiger partial charge on any atom is 0.416 e. The summed E-state index contributed by atoms with van der Waals surface area (Å²) in [5.41, 5.74) is 0.618. The van der Waals surface area contributed by atoms with E-state index in [9.17, 15) is 13.2 Å². The van der Waals surface area contributed by atoms with Crippen molar-refractivity contribution in [2.24, 2.45) is 0 Å². The van der Waals surface area contributed by atoms with Crippen LogP contribution in [0.5, 0.6) is 5.75 Å². The van der Waals surface area contributed by atoms with Crippen LogP contribution in [-0.4, -0.2) is 11.6 Å². The van der Waals surface area contributed by atoms with Crippen molar-refractivity contribution in [1.29, 1.82) is 0 Å². The number of halogens is 3. The highest BCUT2D eigenvalue weighted by Gasteiger charge is 2.30. The maximum atomic E-state index is 12.6. The number of oxazole rings is 1. The first-order valence-corrected chi connectivity index (χ1v) is 8.25. The predicted molar refractivity (Wildman–Crippen MR) is 91.9 cm³/mol. The Morgan fingerprint density at radius 2 is 1.69 bits per heavy atom. The number of aryl methyl sites for hydroxylation is 2. The highest BCUT2D eigenvalue weighted by Crippen LogP contribution is 2.31. The van der Waals surface area contributed by atoms with Crippen LogP contribution < -0.4 is 4.74 Å². The minimum atomic E-state index is -4.35. The molecule has 0 aliphatic rings. The van der Waals surface area contributed by atoms with Crippen molar-refractivity contribution in [2.45, 2.75) is 25.9 Å². The minimum absolute atomic E-state index is 0.329. The molecule has 6 heteroatoms. The Labute approximate surface area is 149 Å². The van der Waals surface area contributed by atoms with Gasteiger partial charge in [-0.1, -0.05) is 18.2 Å². The summed E-state index contributed by atoms with van der Waals surface area (Å²) in [6.45, 7) is 2.35. The molecule has 1 aromatic heterocycles.